The van der Waals surface area contributed by atoms with Gasteiger partial charge in [0.1, 0.15) is 16.8 Å². The quantitative estimate of drug-likeness (QED) is 0.332. The van der Waals surface area contributed by atoms with Crippen molar-refractivity contribution in [3.05, 3.63) is 76.1 Å². The van der Waals surface area contributed by atoms with Crippen molar-refractivity contribution in [3.8, 4) is 17.2 Å². The molecule has 4 aromatic rings. The Morgan fingerprint density at radius 3 is 2.52 bits per heavy atom. The molecule has 5 heterocycles. The lowest BCUT2D eigenvalue weighted by Gasteiger charge is -2.37. The summed E-state index contributed by atoms with van der Waals surface area (Å²) in [7, 11) is 0. The van der Waals surface area contributed by atoms with E-state index < -0.39 is 17.2 Å². The van der Waals surface area contributed by atoms with E-state index in [4.69, 9.17) is 4.74 Å². The first-order valence-electron chi connectivity index (χ1n) is 14.5. The number of amides is 1. The molecule has 2 fully saturated rings. The van der Waals surface area contributed by atoms with Crippen LogP contribution < -0.4 is 25.3 Å². The van der Waals surface area contributed by atoms with Gasteiger partial charge in [-0.1, -0.05) is 6.07 Å². The maximum absolute atomic E-state index is 16.1. The molecule has 2 aromatic heterocycles. The molecule has 1 amide bonds. The maximum Gasteiger partial charge on any atom is 0.256 e. The lowest BCUT2D eigenvalue weighted by molar-refractivity contribution is 0.0948. The number of nitrogens with one attached hydrogen (secondary N) is 1. The van der Waals surface area contributed by atoms with Crippen molar-refractivity contribution < 1.29 is 13.9 Å². The van der Waals surface area contributed by atoms with Crippen LogP contribution in [0.2, 0.25) is 0 Å². The Bertz CT molecular complexity index is 1730. The number of nitrogens with zero attached hydrogens (tertiary/aromatic N) is 6. The first-order chi connectivity index (χ1) is 20.5. The standard InChI is InChI=1S/C31H32FN7O3/c1-20-5-6-24-25(17-20)42-29-26-21(28(40)22(19-39(24)26)30(41)33-9-12-36-10-2-3-11-36)18-23(32)27(29)37-13-15-38(16-14-37)31-34-7-4-8-35-31/h4-8,17-19H,2-3,9-16H2,1H3,(H,33,41). The van der Waals surface area contributed by atoms with Crippen LogP contribution in [0.15, 0.2) is 53.7 Å². The predicted octanol–water partition coefficient (Wildman–Crippen LogP) is 3.49. The highest BCUT2D eigenvalue weighted by molar-refractivity contribution is 6.01. The third kappa shape index (κ3) is 4.63. The molecule has 0 aliphatic carbocycles. The molecular formula is C31H32FN7O3. The second kappa shape index (κ2) is 10.7. The number of benzene rings is 2. The number of hydrogen-bond donors (Lipinski definition) is 1. The zero-order chi connectivity index (χ0) is 28.8. The highest BCUT2D eigenvalue weighted by Gasteiger charge is 2.32. The molecule has 11 heteroatoms. The molecule has 42 heavy (non-hydrogen) atoms. The normalized spacial score (nSPS) is 16.4. The highest BCUT2D eigenvalue weighted by Crippen LogP contribution is 2.47. The summed E-state index contributed by atoms with van der Waals surface area (Å²) < 4.78 is 24.3. The van der Waals surface area contributed by atoms with Crippen LogP contribution in [0.1, 0.15) is 28.8 Å². The first kappa shape index (κ1) is 26.4. The highest BCUT2D eigenvalue weighted by atomic mass is 19.1. The fourth-order valence-corrected chi connectivity index (χ4v) is 6.18. The van der Waals surface area contributed by atoms with E-state index >= 15 is 4.39 Å². The summed E-state index contributed by atoms with van der Waals surface area (Å²) >= 11 is 0. The fourth-order valence-electron chi connectivity index (χ4n) is 6.18. The van der Waals surface area contributed by atoms with E-state index in [1.807, 2.05) is 30.0 Å². The molecular weight excluding hydrogens is 537 g/mol. The van der Waals surface area contributed by atoms with Crippen LogP contribution in [0.4, 0.5) is 16.0 Å². The summed E-state index contributed by atoms with van der Waals surface area (Å²) in [6.07, 6.45) is 7.31. The zero-order valence-corrected chi connectivity index (χ0v) is 23.5. The van der Waals surface area contributed by atoms with E-state index in [9.17, 15) is 9.59 Å². The number of carbonyl (C=O) groups is 1. The van der Waals surface area contributed by atoms with Crippen LogP contribution >= 0.6 is 0 Å². The number of aromatic nitrogens is 3. The van der Waals surface area contributed by atoms with Gasteiger partial charge in [0.2, 0.25) is 11.4 Å². The first-order valence-corrected chi connectivity index (χ1v) is 14.5. The predicted molar refractivity (Wildman–Crippen MR) is 159 cm³/mol. The van der Waals surface area contributed by atoms with E-state index in [0.717, 1.165) is 38.0 Å². The molecule has 1 N–H and O–H groups in total. The van der Waals surface area contributed by atoms with E-state index in [1.54, 1.807) is 29.2 Å². The van der Waals surface area contributed by atoms with Gasteiger partial charge < -0.3 is 29.3 Å². The van der Waals surface area contributed by atoms with Crippen molar-refractivity contribution >= 4 is 28.4 Å². The second-order valence-electron chi connectivity index (χ2n) is 11.1. The SMILES string of the molecule is Cc1ccc2c(c1)Oc1c(N3CCN(c4ncccn4)CC3)c(F)cc3c(=O)c(C(=O)NCCN4CCCC4)cn-2c13. The van der Waals surface area contributed by atoms with Crippen molar-refractivity contribution in [2.75, 3.05) is 62.2 Å². The molecule has 0 radical (unpaired) electrons. The smallest absolute Gasteiger partial charge is 0.256 e. The van der Waals surface area contributed by atoms with Gasteiger partial charge in [-0.3, -0.25) is 9.59 Å². The molecule has 0 saturated carbocycles. The van der Waals surface area contributed by atoms with Crippen LogP contribution in [0.25, 0.3) is 16.6 Å². The van der Waals surface area contributed by atoms with Gasteiger partial charge in [-0.2, -0.15) is 0 Å². The number of piperazine rings is 1. The summed E-state index contributed by atoms with van der Waals surface area (Å²) in [5, 5.41) is 3.01. The number of hydrogen-bond acceptors (Lipinski definition) is 8. The van der Waals surface area contributed by atoms with Gasteiger partial charge in [-0.25, -0.2) is 14.4 Å². The van der Waals surface area contributed by atoms with Crippen LogP contribution in [0.3, 0.4) is 0 Å². The number of carbonyl (C=O) groups excluding carboxylic acids is 1. The molecule has 2 aromatic carbocycles. The summed E-state index contributed by atoms with van der Waals surface area (Å²) in [6, 6.07) is 8.76. The number of ether oxygens (including phenoxy) is 1. The minimum atomic E-state index is -0.562. The third-order valence-electron chi connectivity index (χ3n) is 8.35. The largest absolute Gasteiger partial charge is 0.451 e. The van der Waals surface area contributed by atoms with Crippen LogP contribution in [-0.4, -0.2) is 77.7 Å². The van der Waals surface area contributed by atoms with E-state index in [2.05, 4.69) is 25.1 Å². The molecule has 2 saturated heterocycles. The van der Waals surface area contributed by atoms with Gasteiger partial charge in [0.05, 0.1) is 11.1 Å². The van der Waals surface area contributed by atoms with Gasteiger partial charge in [-0.05, 0) is 62.7 Å². The Morgan fingerprint density at radius 1 is 1.02 bits per heavy atom. The molecule has 216 valence electrons. The van der Waals surface area contributed by atoms with Crippen molar-refractivity contribution in [1.29, 1.82) is 0 Å². The number of likely N-dealkylation sites (tertiary alicyclic amines) is 1. The average Bonchev–Trinajstić information content (AvgIpc) is 3.52. The molecule has 3 aliphatic heterocycles. The summed E-state index contributed by atoms with van der Waals surface area (Å²) in [5.41, 5.74) is 1.88. The molecule has 0 unspecified atom stereocenters. The Kier molecular flexibility index (Phi) is 6.73. The number of fused-ring (bicyclic) bond motifs is 2. The summed E-state index contributed by atoms with van der Waals surface area (Å²) in [6.45, 7) is 7.39. The molecule has 10 nitrogen and oxygen atoms in total. The summed E-state index contributed by atoms with van der Waals surface area (Å²) in [5.74, 6) is 0.434. The lowest BCUT2D eigenvalue weighted by atomic mass is 10.0. The van der Waals surface area contributed by atoms with E-state index in [-0.39, 0.29) is 16.7 Å². The molecule has 0 atom stereocenters. The molecule has 0 spiro atoms. The van der Waals surface area contributed by atoms with E-state index in [0.29, 0.717) is 61.3 Å². The van der Waals surface area contributed by atoms with Gasteiger partial charge in [0, 0.05) is 57.9 Å². The number of pyridine rings is 1. The molecule has 7 rings (SSSR count). The number of aryl methyl sites for hydroxylation is 1. The van der Waals surface area contributed by atoms with E-state index in [1.165, 1.54) is 6.07 Å². The Balaban J connectivity index is 1.27. The van der Waals surface area contributed by atoms with Crippen molar-refractivity contribution in [2.45, 2.75) is 19.8 Å². The maximum atomic E-state index is 16.1. The Morgan fingerprint density at radius 2 is 1.76 bits per heavy atom. The monoisotopic (exact) mass is 569 g/mol. The lowest BCUT2D eigenvalue weighted by Crippen LogP contribution is -2.47. The summed E-state index contributed by atoms with van der Waals surface area (Å²) in [4.78, 5) is 42.0. The van der Waals surface area contributed by atoms with Gasteiger partial charge in [-0.15, -0.1) is 0 Å². The fraction of sp³-hybridized carbons (Fsp3) is 0.355. The Hall–Kier alpha value is -4.51. The second-order valence-corrected chi connectivity index (χ2v) is 11.1. The number of anilines is 2. The zero-order valence-electron chi connectivity index (χ0n) is 23.5. The van der Waals surface area contributed by atoms with Gasteiger partial charge in [0.15, 0.2) is 17.3 Å². The minimum absolute atomic E-state index is 0.0214. The van der Waals surface area contributed by atoms with Crippen LogP contribution in [0.5, 0.6) is 11.5 Å². The minimum Gasteiger partial charge on any atom is -0.451 e. The van der Waals surface area contributed by atoms with Crippen molar-refractivity contribution in [1.82, 2.24) is 24.8 Å². The van der Waals surface area contributed by atoms with Crippen LogP contribution in [0, 0.1) is 12.7 Å². The van der Waals surface area contributed by atoms with Crippen LogP contribution in [-0.2, 0) is 0 Å². The molecule has 3 aliphatic rings. The topological polar surface area (TPSA) is 95.8 Å². The van der Waals surface area contributed by atoms with Crippen molar-refractivity contribution in [2.24, 2.45) is 0 Å². The third-order valence-corrected chi connectivity index (χ3v) is 8.35. The number of rotatable bonds is 6. The van der Waals surface area contributed by atoms with Gasteiger partial charge in [0.25, 0.3) is 5.91 Å². The molecule has 0 bridgehead atoms. The number of halogens is 1. The average molecular weight is 570 g/mol. The van der Waals surface area contributed by atoms with Gasteiger partial charge >= 0.3 is 0 Å². The van der Waals surface area contributed by atoms with Crippen molar-refractivity contribution in [3.63, 3.8) is 0 Å². The Labute approximate surface area is 242 Å².